The molecule has 0 radical (unpaired) electrons. The predicted octanol–water partition coefficient (Wildman–Crippen LogP) is 3.92. The lowest BCUT2D eigenvalue weighted by molar-refractivity contribution is 0.213. The van der Waals surface area contributed by atoms with Crippen LogP contribution in [0.25, 0.3) is 10.9 Å². The van der Waals surface area contributed by atoms with E-state index in [4.69, 9.17) is 0 Å². The van der Waals surface area contributed by atoms with Crippen LogP contribution in [0.1, 0.15) is 27.2 Å². The van der Waals surface area contributed by atoms with E-state index in [1.54, 1.807) is 0 Å². The molecular weight excluding hydrogens is 302 g/mol. The number of aromatic nitrogens is 2. The third-order valence-electron chi connectivity index (χ3n) is 3.81. The Bertz CT molecular complexity index is 531. The number of rotatable bonds is 6. The molecule has 1 aromatic carbocycles. The molecule has 0 N–H and O–H groups in total. The van der Waals surface area contributed by atoms with E-state index in [9.17, 15) is 0 Å². The summed E-state index contributed by atoms with van der Waals surface area (Å²) in [6, 6.07) is 8.96. The molecule has 0 aliphatic carbocycles. The van der Waals surface area contributed by atoms with Crippen molar-refractivity contribution in [2.75, 3.05) is 13.1 Å². The summed E-state index contributed by atoms with van der Waals surface area (Å²) < 4.78 is 3.05. The van der Waals surface area contributed by atoms with Crippen LogP contribution in [-0.2, 0) is 6.54 Å². The molecule has 19 heavy (non-hydrogen) atoms. The first kappa shape index (κ1) is 14.5. The van der Waals surface area contributed by atoms with Crippen LogP contribution in [0, 0.1) is 0 Å². The van der Waals surface area contributed by atoms with Gasteiger partial charge in [-0.15, -0.1) is 0 Å². The number of halogens is 1. The van der Waals surface area contributed by atoms with Crippen LogP contribution < -0.4 is 0 Å². The van der Waals surface area contributed by atoms with E-state index in [1.807, 2.05) is 0 Å². The molecule has 0 bridgehead atoms. The molecule has 0 aliphatic rings. The summed E-state index contributed by atoms with van der Waals surface area (Å²) in [7, 11) is 0. The maximum atomic E-state index is 4.59. The lowest BCUT2D eigenvalue weighted by Gasteiger charge is -2.26. The third-order valence-corrected chi connectivity index (χ3v) is 4.39. The fourth-order valence-electron chi connectivity index (χ4n) is 2.60. The predicted molar refractivity (Wildman–Crippen MR) is 84.4 cm³/mol. The Labute approximate surface area is 123 Å². The minimum Gasteiger partial charge on any atom is -0.301 e. The Morgan fingerprint density at radius 3 is 2.63 bits per heavy atom. The van der Waals surface area contributed by atoms with Crippen LogP contribution in [-0.4, -0.2) is 33.8 Å². The number of nitrogens with zero attached hydrogens (tertiary/aromatic N) is 3. The summed E-state index contributed by atoms with van der Waals surface area (Å²) in [5.41, 5.74) is 1.21. The van der Waals surface area contributed by atoms with Crippen molar-refractivity contribution in [2.24, 2.45) is 0 Å². The van der Waals surface area contributed by atoms with E-state index in [2.05, 4.69) is 75.6 Å². The summed E-state index contributed by atoms with van der Waals surface area (Å²) in [6.45, 7) is 9.93. The second-order valence-electron chi connectivity index (χ2n) is 4.89. The Kier molecular flexibility index (Phi) is 4.99. The second kappa shape index (κ2) is 6.53. The van der Waals surface area contributed by atoms with Crippen LogP contribution in [0.2, 0.25) is 0 Å². The molecule has 1 heterocycles. The lowest BCUT2D eigenvalue weighted by atomic mass is 10.2. The minimum absolute atomic E-state index is 0.594. The first-order valence-corrected chi connectivity index (χ1v) is 7.81. The van der Waals surface area contributed by atoms with Crippen LogP contribution in [0.4, 0.5) is 0 Å². The Hall–Kier alpha value is -0.870. The Morgan fingerprint density at radius 2 is 1.95 bits per heavy atom. The molecule has 0 saturated carbocycles. The standard InChI is InChI=1S/C15H22BrN3/c1-4-18(5-2)12(3)10-11-19-14-9-7-6-8-13(14)15(16)17-19/h6-9,12H,4-5,10-11H2,1-3H3. The number of fused-ring (bicyclic) bond motifs is 1. The average Bonchev–Trinajstić information content (AvgIpc) is 2.75. The Balaban J connectivity index is 2.10. The molecule has 0 fully saturated rings. The molecule has 2 rings (SSSR count). The van der Waals surface area contributed by atoms with Crippen molar-refractivity contribution in [3.8, 4) is 0 Å². The molecule has 0 aliphatic heterocycles. The molecule has 3 nitrogen and oxygen atoms in total. The van der Waals surface area contributed by atoms with Gasteiger partial charge in [-0.2, -0.15) is 5.10 Å². The minimum atomic E-state index is 0.594. The zero-order valence-electron chi connectivity index (χ0n) is 11.9. The fraction of sp³-hybridized carbons (Fsp3) is 0.533. The number of para-hydroxylation sites is 1. The highest BCUT2D eigenvalue weighted by Crippen LogP contribution is 2.23. The fourth-order valence-corrected chi connectivity index (χ4v) is 3.12. The SMILES string of the molecule is CCN(CC)C(C)CCn1nc(Br)c2ccccc21. The van der Waals surface area contributed by atoms with Crippen LogP contribution in [0.15, 0.2) is 28.9 Å². The smallest absolute Gasteiger partial charge is 0.135 e. The van der Waals surface area contributed by atoms with Crippen molar-refractivity contribution in [3.05, 3.63) is 28.9 Å². The van der Waals surface area contributed by atoms with Crippen molar-refractivity contribution >= 4 is 26.8 Å². The van der Waals surface area contributed by atoms with Gasteiger partial charge in [0.05, 0.1) is 5.52 Å². The molecule has 0 spiro atoms. The van der Waals surface area contributed by atoms with Crippen molar-refractivity contribution in [1.29, 1.82) is 0 Å². The normalized spacial score (nSPS) is 13.3. The van der Waals surface area contributed by atoms with Crippen molar-refractivity contribution in [2.45, 2.75) is 39.8 Å². The molecule has 4 heteroatoms. The van der Waals surface area contributed by atoms with Gasteiger partial charge in [0.25, 0.3) is 0 Å². The Morgan fingerprint density at radius 1 is 1.26 bits per heavy atom. The highest BCUT2D eigenvalue weighted by Gasteiger charge is 2.12. The van der Waals surface area contributed by atoms with E-state index >= 15 is 0 Å². The van der Waals surface area contributed by atoms with E-state index in [0.29, 0.717) is 6.04 Å². The lowest BCUT2D eigenvalue weighted by Crippen LogP contribution is -2.33. The highest BCUT2D eigenvalue weighted by molar-refractivity contribution is 9.10. The van der Waals surface area contributed by atoms with Crippen molar-refractivity contribution < 1.29 is 0 Å². The zero-order chi connectivity index (χ0) is 13.8. The van der Waals surface area contributed by atoms with Gasteiger partial charge in [0, 0.05) is 18.0 Å². The molecule has 1 atom stereocenters. The van der Waals surface area contributed by atoms with Crippen molar-refractivity contribution in [1.82, 2.24) is 14.7 Å². The van der Waals surface area contributed by atoms with Crippen LogP contribution in [0.5, 0.6) is 0 Å². The monoisotopic (exact) mass is 323 g/mol. The summed E-state index contributed by atoms with van der Waals surface area (Å²) in [5, 5.41) is 5.78. The van der Waals surface area contributed by atoms with Gasteiger partial charge in [0.2, 0.25) is 0 Å². The average molecular weight is 324 g/mol. The summed E-state index contributed by atoms with van der Waals surface area (Å²) >= 11 is 3.54. The first-order valence-electron chi connectivity index (χ1n) is 7.02. The molecule has 1 aromatic heterocycles. The third kappa shape index (κ3) is 3.18. The second-order valence-corrected chi connectivity index (χ2v) is 5.64. The number of hydrogen-bond acceptors (Lipinski definition) is 2. The molecular formula is C15H22BrN3. The van der Waals surface area contributed by atoms with Gasteiger partial charge in [-0.05, 0) is 48.4 Å². The number of aryl methyl sites for hydroxylation is 1. The van der Waals surface area contributed by atoms with E-state index in [-0.39, 0.29) is 0 Å². The number of benzene rings is 1. The van der Waals surface area contributed by atoms with Crippen molar-refractivity contribution in [3.63, 3.8) is 0 Å². The topological polar surface area (TPSA) is 21.1 Å². The maximum absolute atomic E-state index is 4.59. The van der Waals surface area contributed by atoms with Crippen LogP contribution in [0.3, 0.4) is 0 Å². The molecule has 2 aromatic rings. The van der Waals surface area contributed by atoms with Gasteiger partial charge in [0.15, 0.2) is 0 Å². The van der Waals surface area contributed by atoms with Gasteiger partial charge in [0.1, 0.15) is 4.60 Å². The van der Waals surface area contributed by atoms with Gasteiger partial charge < -0.3 is 4.90 Å². The zero-order valence-corrected chi connectivity index (χ0v) is 13.5. The number of hydrogen-bond donors (Lipinski definition) is 0. The molecule has 1 unspecified atom stereocenters. The first-order chi connectivity index (χ1) is 9.17. The van der Waals surface area contributed by atoms with Gasteiger partial charge in [-0.1, -0.05) is 32.0 Å². The van der Waals surface area contributed by atoms with Gasteiger partial charge in [-0.3, -0.25) is 4.68 Å². The summed E-state index contributed by atoms with van der Waals surface area (Å²) in [5.74, 6) is 0. The summed E-state index contributed by atoms with van der Waals surface area (Å²) in [4.78, 5) is 2.49. The van der Waals surface area contributed by atoms with Gasteiger partial charge in [-0.25, -0.2) is 0 Å². The van der Waals surface area contributed by atoms with E-state index in [0.717, 1.165) is 30.7 Å². The van der Waals surface area contributed by atoms with E-state index in [1.165, 1.54) is 10.9 Å². The van der Waals surface area contributed by atoms with Crippen LogP contribution >= 0.6 is 15.9 Å². The quantitative estimate of drug-likeness (QED) is 0.803. The van der Waals surface area contributed by atoms with E-state index < -0.39 is 0 Å². The highest BCUT2D eigenvalue weighted by atomic mass is 79.9. The maximum Gasteiger partial charge on any atom is 0.135 e. The summed E-state index contributed by atoms with van der Waals surface area (Å²) in [6.07, 6.45) is 1.12. The molecule has 104 valence electrons. The molecule has 0 saturated heterocycles. The largest absolute Gasteiger partial charge is 0.301 e. The van der Waals surface area contributed by atoms with Gasteiger partial charge >= 0.3 is 0 Å². The molecule has 0 amide bonds.